The Morgan fingerprint density at radius 1 is 1.12 bits per heavy atom. The number of nitrogens with zero attached hydrogens (tertiary/aromatic N) is 3. The molecule has 9 heteroatoms. The van der Waals surface area contributed by atoms with Crippen LogP contribution in [0.2, 0.25) is 0 Å². The Balaban J connectivity index is 1.41. The second kappa shape index (κ2) is 9.84. The quantitative estimate of drug-likeness (QED) is 0.507. The number of rotatable bonds is 7. The maximum atomic E-state index is 13.8. The van der Waals surface area contributed by atoms with Crippen molar-refractivity contribution in [3.05, 3.63) is 69.7 Å². The van der Waals surface area contributed by atoms with Gasteiger partial charge in [0.25, 0.3) is 0 Å². The van der Waals surface area contributed by atoms with Crippen LogP contribution in [0.25, 0.3) is 11.1 Å². The first-order valence-corrected chi connectivity index (χ1v) is 11.0. The molecule has 0 amide bonds. The lowest BCUT2D eigenvalue weighted by Gasteiger charge is -2.32. The topological polar surface area (TPSA) is 67.9 Å². The van der Waals surface area contributed by atoms with Gasteiger partial charge in [0.1, 0.15) is 6.61 Å². The molecule has 0 saturated carbocycles. The summed E-state index contributed by atoms with van der Waals surface area (Å²) in [7, 11) is 2.09. The van der Waals surface area contributed by atoms with Gasteiger partial charge in [0.2, 0.25) is 0 Å². The Labute approximate surface area is 190 Å². The van der Waals surface area contributed by atoms with Crippen molar-refractivity contribution in [1.82, 2.24) is 14.4 Å². The van der Waals surface area contributed by atoms with Crippen molar-refractivity contribution in [2.75, 3.05) is 46.4 Å². The number of carbonyl (C=O) groups excluding carboxylic acids is 1. The number of piperazine rings is 1. The molecule has 33 heavy (non-hydrogen) atoms. The number of halogens is 2. The highest BCUT2D eigenvalue weighted by Crippen LogP contribution is 2.25. The summed E-state index contributed by atoms with van der Waals surface area (Å²) >= 11 is 0. The van der Waals surface area contributed by atoms with E-state index in [0.717, 1.165) is 49.4 Å². The summed E-state index contributed by atoms with van der Waals surface area (Å²) in [6.45, 7) is 6.76. The van der Waals surface area contributed by atoms with E-state index in [1.807, 2.05) is 6.07 Å². The van der Waals surface area contributed by atoms with E-state index in [2.05, 4.69) is 16.8 Å². The Morgan fingerprint density at radius 3 is 2.61 bits per heavy atom. The zero-order chi connectivity index (χ0) is 23.5. The molecule has 1 saturated heterocycles. The minimum absolute atomic E-state index is 0.0224. The molecule has 0 bridgehead atoms. The molecule has 0 spiro atoms. The minimum Gasteiger partial charge on any atom is -0.464 e. The highest BCUT2D eigenvalue weighted by Gasteiger charge is 2.20. The van der Waals surface area contributed by atoms with Crippen LogP contribution in [0, 0.1) is 11.6 Å². The van der Waals surface area contributed by atoms with Crippen LogP contribution >= 0.6 is 0 Å². The summed E-state index contributed by atoms with van der Waals surface area (Å²) in [5.41, 5.74) is 1.61. The third-order valence-corrected chi connectivity index (χ3v) is 6.09. The molecular weight excluding hydrogens is 432 g/mol. The minimum atomic E-state index is -1.08. The molecule has 1 aliphatic rings. The Morgan fingerprint density at radius 2 is 1.85 bits per heavy atom. The number of ether oxygens (including phenoxy) is 1. The van der Waals surface area contributed by atoms with Crippen LogP contribution in [0.1, 0.15) is 24.1 Å². The molecule has 0 aliphatic carbocycles. The van der Waals surface area contributed by atoms with Gasteiger partial charge in [-0.2, -0.15) is 0 Å². The van der Waals surface area contributed by atoms with Crippen molar-refractivity contribution in [3.8, 4) is 0 Å². The van der Waals surface area contributed by atoms with E-state index in [1.165, 1.54) is 4.57 Å². The van der Waals surface area contributed by atoms with E-state index < -0.39 is 23.4 Å². The lowest BCUT2D eigenvalue weighted by molar-refractivity contribution is -0.143. The molecule has 0 radical (unpaired) electrons. The maximum absolute atomic E-state index is 13.8. The smallest absolute Gasteiger partial charge is 0.420 e. The number of carbonyl (C=O) groups is 1. The van der Waals surface area contributed by atoms with Crippen molar-refractivity contribution in [1.29, 1.82) is 0 Å². The molecular formula is C24H27F2N3O4. The van der Waals surface area contributed by atoms with E-state index in [9.17, 15) is 18.4 Å². The fourth-order valence-electron chi connectivity index (χ4n) is 4.09. The third-order valence-electron chi connectivity index (χ3n) is 6.09. The second-order valence-electron chi connectivity index (χ2n) is 8.44. The normalized spacial score (nSPS) is 16.2. The van der Waals surface area contributed by atoms with Crippen molar-refractivity contribution in [2.24, 2.45) is 0 Å². The predicted octanol–water partition coefficient (Wildman–Crippen LogP) is 2.82. The molecule has 176 valence electrons. The summed E-state index contributed by atoms with van der Waals surface area (Å²) in [6, 6.07) is 8.50. The fourth-order valence-corrected chi connectivity index (χ4v) is 4.09. The van der Waals surface area contributed by atoms with Gasteiger partial charge in [-0.25, -0.2) is 13.6 Å². The van der Waals surface area contributed by atoms with Crippen LogP contribution in [-0.4, -0.2) is 66.7 Å². The number of hydrogen-bond acceptors (Lipinski definition) is 6. The van der Waals surface area contributed by atoms with Crippen molar-refractivity contribution >= 4 is 17.1 Å². The largest absolute Gasteiger partial charge is 0.464 e. The Hall–Kier alpha value is -3.04. The van der Waals surface area contributed by atoms with Gasteiger partial charge in [0, 0.05) is 44.9 Å². The molecule has 0 N–H and O–H groups in total. The van der Waals surface area contributed by atoms with Gasteiger partial charge in [-0.1, -0.05) is 24.3 Å². The van der Waals surface area contributed by atoms with Gasteiger partial charge in [-0.15, -0.1) is 0 Å². The molecule has 1 aromatic heterocycles. The van der Waals surface area contributed by atoms with E-state index in [0.29, 0.717) is 13.2 Å². The van der Waals surface area contributed by atoms with Crippen LogP contribution in [-0.2, 0) is 16.0 Å². The highest BCUT2D eigenvalue weighted by molar-refractivity contribution is 5.74. The SMILES string of the molecule is CC(c1cccc(CC(=O)OCCN2CCN(C)CC2)c1)n1c(=O)oc2cc(F)c(F)cc21. The van der Waals surface area contributed by atoms with Crippen molar-refractivity contribution in [3.63, 3.8) is 0 Å². The van der Waals surface area contributed by atoms with E-state index >= 15 is 0 Å². The lowest BCUT2D eigenvalue weighted by Crippen LogP contribution is -2.45. The summed E-state index contributed by atoms with van der Waals surface area (Å²) in [5.74, 6) is -3.17. The van der Waals surface area contributed by atoms with Gasteiger partial charge in [0.15, 0.2) is 17.2 Å². The van der Waals surface area contributed by atoms with E-state index in [1.54, 1.807) is 25.1 Å². The van der Waals surface area contributed by atoms with Crippen molar-refractivity contribution in [2.45, 2.75) is 19.4 Å². The maximum Gasteiger partial charge on any atom is 0.420 e. The van der Waals surface area contributed by atoms with Gasteiger partial charge < -0.3 is 14.1 Å². The van der Waals surface area contributed by atoms with Gasteiger partial charge in [-0.05, 0) is 25.1 Å². The number of hydrogen-bond donors (Lipinski definition) is 0. The summed E-state index contributed by atoms with van der Waals surface area (Å²) in [6.07, 6.45) is 0.101. The second-order valence-corrected chi connectivity index (χ2v) is 8.44. The first-order valence-electron chi connectivity index (χ1n) is 11.0. The number of benzene rings is 2. The fraction of sp³-hybridized carbons (Fsp3) is 0.417. The summed E-state index contributed by atoms with van der Waals surface area (Å²) in [4.78, 5) is 29.2. The number of likely N-dealkylation sites (N-methyl/N-ethyl adjacent to an activating group) is 1. The molecule has 3 aromatic rings. The number of oxazole rings is 1. The zero-order valence-electron chi connectivity index (χ0n) is 18.7. The standard InChI is InChI=1S/C24H27F2N3O4/c1-16(29-21-14-19(25)20(26)15-22(21)33-24(29)31)18-5-3-4-17(12-18)13-23(30)32-11-10-28-8-6-27(2)7-9-28/h3-5,12,14-16H,6-11,13H2,1-2H3. The monoisotopic (exact) mass is 459 g/mol. The lowest BCUT2D eigenvalue weighted by atomic mass is 10.0. The number of fused-ring (bicyclic) bond motifs is 1. The molecule has 1 fully saturated rings. The molecule has 4 rings (SSSR count). The molecule has 2 aromatic carbocycles. The van der Waals surface area contributed by atoms with Crippen LogP contribution in [0.4, 0.5) is 8.78 Å². The molecule has 1 atom stereocenters. The van der Waals surface area contributed by atoms with Crippen LogP contribution in [0.3, 0.4) is 0 Å². The number of esters is 1. The predicted molar refractivity (Wildman–Crippen MR) is 119 cm³/mol. The number of aromatic nitrogens is 1. The molecule has 1 aliphatic heterocycles. The van der Waals surface area contributed by atoms with E-state index in [4.69, 9.17) is 9.15 Å². The third kappa shape index (κ3) is 5.31. The van der Waals surface area contributed by atoms with Crippen LogP contribution < -0.4 is 5.76 Å². The van der Waals surface area contributed by atoms with Crippen LogP contribution in [0.15, 0.2) is 45.6 Å². The first-order chi connectivity index (χ1) is 15.8. The van der Waals surface area contributed by atoms with Gasteiger partial charge in [0.05, 0.1) is 18.0 Å². The Kier molecular flexibility index (Phi) is 6.90. The van der Waals surface area contributed by atoms with Crippen molar-refractivity contribution < 1.29 is 22.7 Å². The van der Waals surface area contributed by atoms with Crippen LogP contribution in [0.5, 0.6) is 0 Å². The first kappa shape index (κ1) is 23.1. The van der Waals surface area contributed by atoms with Gasteiger partial charge >= 0.3 is 11.7 Å². The average Bonchev–Trinajstić information content (AvgIpc) is 3.09. The molecule has 1 unspecified atom stereocenters. The Bertz CT molecular complexity index is 1200. The summed E-state index contributed by atoms with van der Waals surface area (Å²) < 4.78 is 39.0. The van der Waals surface area contributed by atoms with Gasteiger partial charge in [-0.3, -0.25) is 14.3 Å². The zero-order valence-corrected chi connectivity index (χ0v) is 18.7. The molecule has 2 heterocycles. The van der Waals surface area contributed by atoms with E-state index in [-0.39, 0.29) is 23.5 Å². The summed E-state index contributed by atoms with van der Waals surface area (Å²) in [5, 5.41) is 0. The molecule has 7 nitrogen and oxygen atoms in total. The highest BCUT2D eigenvalue weighted by atomic mass is 19.2. The average molecular weight is 459 g/mol.